The van der Waals surface area contributed by atoms with Gasteiger partial charge >= 0.3 is 0 Å². The Kier molecular flexibility index (Phi) is 6.09. The van der Waals surface area contributed by atoms with Gasteiger partial charge in [0.25, 0.3) is 0 Å². The van der Waals surface area contributed by atoms with Crippen LogP contribution in [0.4, 0.5) is 20.3 Å². The Morgan fingerprint density at radius 1 is 1.06 bits per heavy atom. The van der Waals surface area contributed by atoms with Crippen molar-refractivity contribution in [2.75, 3.05) is 10.6 Å². The molecule has 2 heterocycles. The van der Waals surface area contributed by atoms with Crippen LogP contribution in [0.5, 0.6) is 11.5 Å². The normalized spacial score (nSPS) is 13.0. The molecule has 2 aromatic heterocycles. The standard InChI is InChI=1S/C25H20F2N4O4/c26-16-13-21(34-15-9-10-28-22(11-15)31-25(33)14-5-6-14)17(27)12-19(16)29-23(32)7-8-24-30-18-3-1-2-4-20(18)35-24/h1-4,9-14H,5-8H2,(H,29,32)(H,28,31,33). The Hall–Kier alpha value is -4.34. The molecule has 1 aliphatic carbocycles. The first kappa shape index (κ1) is 22.5. The molecule has 0 atom stereocenters. The number of oxazole rings is 1. The average Bonchev–Trinajstić information content (AvgIpc) is 3.61. The van der Waals surface area contributed by atoms with Crippen molar-refractivity contribution in [2.45, 2.75) is 25.7 Å². The maximum Gasteiger partial charge on any atom is 0.228 e. The Balaban J connectivity index is 1.21. The molecule has 2 aromatic carbocycles. The van der Waals surface area contributed by atoms with Gasteiger partial charge in [-0.25, -0.2) is 18.7 Å². The maximum absolute atomic E-state index is 14.6. The van der Waals surface area contributed by atoms with Crippen LogP contribution in [0.15, 0.2) is 59.1 Å². The van der Waals surface area contributed by atoms with Crippen LogP contribution >= 0.6 is 0 Å². The highest BCUT2D eigenvalue weighted by Crippen LogP contribution is 2.32. The van der Waals surface area contributed by atoms with Crippen LogP contribution in [0.25, 0.3) is 11.1 Å². The number of hydrogen-bond acceptors (Lipinski definition) is 6. The number of nitrogens with zero attached hydrogens (tertiary/aromatic N) is 2. The molecule has 5 rings (SSSR count). The summed E-state index contributed by atoms with van der Waals surface area (Å²) >= 11 is 0. The third-order valence-corrected chi connectivity index (χ3v) is 5.36. The Labute approximate surface area is 198 Å². The first-order chi connectivity index (χ1) is 16.9. The largest absolute Gasteiger partial charge is 0.454 e. The van der Waals surface area contributed by atoms with Crippen LogP contribution in [0, 0.1) is 17.6 Å². The summed E-state index contributed by atoms with van der Waals surface area (Å²) in [4.78, 5) is 32.5. The highest BCUT2D eigenvalue weighted by Gasteiger charge is 2.29. The number of anilines is 2. The monoisotopic (exact) mass is 478 g/mol. The van der Waals surface area contributed by atoms with Gasteiger partial charge in [0.15, 0.2) is 28.9 Å². The van der Waals surface area contributed by atoms with E-state index in [0.717, 1.165) is 25.0 Å². The van der Waals surface area contributed by atoms with Crippen LogP contribution in [-0.2, 0) is 16.0 Å². The van der Waals surface area contributed by atoms with Gasteiger partial charge in [0, 0.05) is 43.2 Å². The molecule has 4 aromatic rings. The molecule has 1 saturated carbocycles. The second kappa shape index (κ2) is 9.49. The second-order valence-corrected chi connectivity index (χ2v) is 8.13. The van der Waals surface area contributed by atoms with Crippen molar-refractivity contribution in [3.05, 3.63) is 72.3 Å². The number of ether oxygens (including phenoxy) is 1. The fraction of sp³-hybridized carbons (Fsp3) is 0.200. The number of benzene rings is 2. The number of amides is 2. The molecule has 0 unspecified atom stereocenters. The van der Waals surface area contributed by atoms with E-state index in [-0.39, 0.29) is 47.7 Å². The van der Waals surface area contributed by atoms with Crippen LogP contribution in [0.1, 0.15) is 25.2 Å². The predicted octanol–water partition coefficient (Wildman–Crippen LogP) is 5.21. The third kappa shape index (κ3) is 5.43. The van der Waals surface area contributed by atoms with E-state index < -0.39 is 17.5 Å². The van der Waals surface area contributed by atoms with E-state index in [4.69, 9.17) is 9.15 Å². The Morgan fingerprint density at radius 2 is 1.89 bits per heavy atom. The molecule has 0 spiro atoms. The molecule has 0 radical (unpaired) electrons. The lowest BCUT2D eigenvalue weighted by molar-refractivity contribution is -0.117. The predicted molar refractivity (Wildman–Crippen MR) is 123 cm³/mol. The number of fused-ring (bicyclic) bond motifs is 1. The molecule has 0 aliphatic heterocycles. The average molecular weight is 478 g/mol. The van der Waals surface area contributed by atoms with E-state index in [2.05, 4.69) is 20.6 Å². The van der Waals surface area contributed by atoms with Crippen molar-refractivity contribution in [1.82, 2.24) is 9.97 Å². The molecule has 8 nitrogen and oxygen atoms in total. The van der Waals surface area contributed by atoms with Gasteiger partial charge < -0.3 is 19.8 Å². The summed E-state index contributed by atoms with van der Waals surface area (Å²) < 4.78 is 40.2. The van der Waals surface area contributed by atoms with Crippen molar-refractivity contribution in [3.8, 4) is 11.5 Å². The summed E-state index contributed by atoms with van der Waals surface area (Å²) in [6, 6.07) is 11.8. The van der Waals surface area contributed by atoms with E-state index in [9.17, 15) is 18.4 Å². The smallest absolute Gasteiger partial charge is 0.228 e. The first-order valence-electron chi connectivity index (χ1n) is 11.0. The molecule has 178 valence electrons. The summed E-state index contributed by atoms with van der Waals surface area (Å²) in [5.41, 5.74) is 0.973. The Bertz CT molecular complexity index is 1380. The topological polar surface area (TPSA) is 106 Å². The number of carbonyl (C=O) groups is 2. The van der Waals surface area contributed by atoms with Gasteiger partial charge in [0.05, 0.1) is 5.69 Å². The van der Waals surface area contributed by atoms with Gasteiger partial charge in [0.1, 0.15) is 17.1 Å². The SMILES string of the molecule is O=C(CCc1nc2ccccc2o1)Nc1cc(F)c(Oc2ccnc(NC(=O)C3CC3)c2)cc1F. The van der Waals surface area contributed by atoms with Crippen molar-refractivity contribution >= 4 is 34.4 Å². The van der Waals surface area contributed by atoms with Crippen LogP contribution < -0.4 is 15.4 Å². The molecule has 2 amide bonds. The van der Waals surface area contributed by atoms with Gasteiger partial charge in [-0.15, -0.1) is 0 Å². The third-order valence-electron chi connectivity index (χ3n) is 5.36. The summed E-state index contributed by atoms with van der Waals surface area (Å²) in [7, 11) is 0. The number of aromatic nitrogens is 2. The highest BCUT2D eigenvalue weighted by atomic mass is 19.1. The molecule has 10 heteroatoms. The minimum atomic E-state index is -0.874. The lowest BCUT2D eigenvalue weighted by Gasteiger charge is -2.11. The van der Waals surface area contributed by atoms with Crippen LogP contribution in [0.3, 0.4) is 0 Å². The summed E-state index contributed by atoms with van der Waals surface area (Å²) in [6.07, 6.45) is 3.24. The van der Waals surface area contributed by atoms with Crippen molar-refractivity contribution in [3.63, 3.8) is 0 Å². The fourth-order valence-electron chi connectivity index (χ4n) is 3.41. The zero-order valence-corrected chi connectivity index (χ0v) is 18.4. The second-order valence-electron chi connectivity index (χ2n) is 8.13. The van der Waals surface area contributed by atoms with Gasteiger partial charge in [0.2, 0.25) is 11.8 Å². The van der Waals surface area contributed by atoms with Crippen molar-refractivity contribution in [1.29, 1.82) is 0 Å². The molecule has 35 heavy (non-hydrogen) atoms. The molecule has 0 saturated heterocycles. The minimum absolute atomic E-state index is 0.00866. The van der Waals surface area contributed by atoms with Crippen LogP contribution in [0.2, 0.25) is 0 Å². The summed E-state index contributed by atoms with van der Waals surface area (Å²) in [5, 5.41) is 5.02. The summed E-state index contributed by atoms with van der Waals surface area (Å²) in [6.45, 7) is 0. The number of para-hydroxylation sites is 2. The molecule has 2 N–H and O–H groups in total. The minimum Gasteiger partial charge on any atom is -0.454 e. The number of aryl methyl sites for hydroxylation is 1. The fourth-order valence-corrected chi connectivity index (χ4v) is 3.41. The highest BCUT2D eigenvalue weighted by molar-refractivity contribution is 5.93. The lowest BCUT2D eigenvalue weighted by atomic mass is 10.2. The first-order valence-corrected chi connectivity index (χ1v) is 11.0. The number of carbonyl (C=O) groups excluding carboxylic acids is 2. The van der Waals surface area contributed by atoms with Crippen molar-refractivity contribution in [2.24, 2.45) is 5.92 Å². The molecule has 0 bridgehead atoms. The number of rotatable bonds is 8. The lowest BCUT2D eigenvalue weighted by Crippen LogP contribution is -2.14. The quantitative estimate of drug-likeness (QED) is 0.360. The molecule has 1 aliphatic rings. The van der Waals surface area contributed by atoms with Crippen LogP contribution in [-0.4, -0.2) is 21.8 Å². The van der Waals surface area contributed by atoms with E-state index in [1.54, 1.807) is 12.1 Å². The summed E-state index contributed by atoms with van der Waals surface area (Å²) in [5.74, 6) is -1.99. The van der Waals surface area contributed by atoms with Gasteiger partial charge in [-0.1, -0.05) is 12.1 Å². The number of hydrogen-bond donors (Lipinski definition) is 2. The Morgan fingerprint density at radius 3 is 2.69 bits per heavy atom. The number of nitrogens with one attached hydrogen (secondary N) is 2. The molecular weight excluding hydrogens is 458 g/mol. The molecule has 1 fully saturated rings. The molecular formula is C25H20F2N4O4. The van der Waals surface area contributed by atoms with E-state index >= 15 is 0 Å². The maximum atomic E-state index is 14.6. The van der Waals surface area contributed by atoms with Crippen molar-refractivity contribution < 1.29 is 27.5 Å². The van der Waals surface area contributed by atoms with Gasteiger partial charge in [-0.05, 0) is 31.0 Å². The van der Waals surface area contributed by atoms with Gasteiger partial charge in [-0.2, -0.15) is 0 Å². The number of pyridine rings is 1. The number of halogens is 2. The van der Waals surface area contributed by atoms with E-state index in [1.165, 1.54) is 18.3 Å². The van der Waals surface area contributed by atoms with Gasteiger partial charge in [-0.3, -0.25) is 9.59 Å². The zero-order chi connectivity index (χ0) is 24.4. The van der Waals surface area contributed by atoms with E-state index in [0.29, 0.717) is 17.0 Å². The van der Waals surface area contributed by atoms with E-state index in [1.807, 2.05) is 12.1 Å². The zero-order valence-electron chi connectivity index (χ0n) is 18.4.